The summed E-state index contributed by atoms with van der Waals surface area (Å²) >= 11 is 0. The van der Waals surface area contributed by atoms with Gasteiger partial charge in [-0.25, -0.2) is 0 Å². The Balaban J connectivity index is 1.92. The van der Waals surface area contributed by atoms with E-state index in [1.165, 1.54) is 12.8 Å². The quantitative estimate of drug-likeness (QED) is 0.877. The van der Waals surface area contributed by atoms with Gasteiger partial charge >= 0.3 is 0 Å². The largest absolute Gasteiger partial charge is 0.352 e. The second-order valence-corrected chi connectivity index (χ2v) is 4.73. The molecule has 0 bridgehead atoms. The van der Waals surface area contributed by atoms with E-state index in [0.29, 0.717) is 6.42 Å². The van der Waals surface area contributed by atoms with Crippen LogP contribution in [0.3, 0.4) is 0 Å². The van der Waals surface area contributed by atoms with Gasteiger partial charge in [-0.2, -0.15) is 5.26 Å². The van der Waals surface area contributed by atoms with Gasteiger partial charge in [-0.1, -0.05) is 12.8 Å². The summed E-state index contributed by atoms with van der Waals surface area (Å²) in [6.07, 6.45) is 8.24. The number of nitriles is 1. The Morgan fingerprint density at radius 1 is 1.44 bits per heavy atom. The zero-order chi connectivity index (χ0) is 12.8. The number of hydrogen-bond acceptors (Lipinski definition) is 3. The summed E-state index contributed by atoms with van der Waals surface area (Å²) in [6, 6.07) is 6.04. The van der Waals surface area contributed by atoms with Crippen LogP contribution in [-0.4, -0.2) is 16.9 Å². The molecule has 94 valence electrons. The normalized spacial score (nSPS) is 17.1. The minimum atomic E-state index is -0.604. The second-order valence-electron chi connectivity index (χ2n) is 4.73. The summed E-state index contributed by atoms with van der Waals surface area (Å²) in [7, 11) is 0. The van der Waals surface area contributed by atoms with Crippen LogP contribution in [0.5, 0.6) is 0 Å². The molecule has 1 heterocycles. The van der Waals surface area contributed by atoms with E-state index in [4.69, 9.17) is 5.26 Å². The highest BCUT2D eigenvalue weighted by Gasteiger charge is 2.23. The molecule has 1 atom stereocenters. The summed E-state index contributed by atoms with van der Waals surface area (Å²) in [6.45, 7) is 0. The Hall–Kier alpha value is -1.89. The molecule has 1 amide bonds. The second kappa shape index (κ2) is 6.15. The Morgan fingerprint density at radius 2 is 2.11 bits per heavy atom. The van der Waals surface area contributed by atoms with Gasteiger partial charge in [-0.3, -0.25) is 9.78 Å². The minimum Gasteiger partial charge on any atom is -0.352 e. The van der Waals surface area contributed by atoms with Crippen molar-refractivity contribution in [2.45, 2.75) is 38.1 Å². The van der Waals surface area contributed by atoms with Gasteiger partial charge in [0.05, 0.1) is 6.07 Å². The zero-order valence-electron chi connectivity index (χ0n) is 10.3. The molecule has 1 aromatic heterocycles. The van der Waals surface area contributed by atoms with Crippen molar-refractivity contribution in [2.75, 3.05) is 0 Å². The molecule has 4 heteroatoms. The summed E-state index contributed by atoms with van der Waals surface area (Å²) in [5.74, 6) is -0.741. The van der Waals surface area contributed by atoms with Crippen LogP contribution in [0.2, 0.25) is 0 Å². The van der Waals surface area contributed by atoms with Crippen molar-refractivity contribution in [1.82, 2.24) is 10.3 Å². The van der Waals surface area contributed by atoms with Crippen LogP contribution in [0.1, 0.15) is 31.2 Å². The average Bonchev–Trinajstić information content (AvgIpc) is 2.90. The predicted molar refractivity (Wildman–Crippen MR) is 67.4 cm³/mol. The predicted octanol–water partition coefficient (Wildman–Crippen LogP) is 1.82. The van der Waals surface area contributed by atoms with Gasteiger partial charge in [0.15, 0.2) is 0 Å². The van der Waals surface area contributed by atoms with E-state index in [2.05, 4.69) is 16.4 Å². The summed E-state index contributed by atoms with van der Waals surface area (Å²) in [5, 5.41) is 12.1. The van der Waals surface area contributed by atoms with E-state index in [-0.39, 0.29) is 11.9 Å². The summed E-state index contributed by atoms with van der Waals surface area (Å²) in [4.78, 5) is 15.9. The lowest BCUT2D eigenvalue weighted by Crippen LogP contribution is -2.37. The molecule has 1 saturated carbocycles. The van der Waals surface area contributed by atoms with E-state index in [1.54, 1.807) is 12.4 Å². The van der Waals surface area contributed by atoms with Crippen molar-refractivity contribution in [3.63, 3.8) is 0 Å². The van der Waals surface area contributed by atoms with Gasteiger partial charge < -0.3 is 5.32 Å². The minimum absolute atomic E-state index is 0.138. The van der Waals surface area contributed by atoms with E-state index in [0.717, 1.165) is 18.4 Å². The molecular weight excluding hydrogens is 226 g/mol. The lowest BCUT2D eigenvalue weighted by molar-refractivity contribution is -0.124. The average molecular weight is 243 g/mol. The first-order chi connectivity index (χ1) is 8.79. The molecule has 0 aliphatic heterocycles. The number of amides is 1. The number of carbonyl (C=O) groups excluding carboxylic acids is 1. The Labute approximate surface area is 107 Å². The molecule has 0 saturated heterocycles. The van der Waals surface area contributed by atoms with Crippen molar-refractivity contribution in [3.05, 3.63) is 30.1 Å². The van der Waals surface area contributed by atoms with Crippen LogP contribution in [0.25, 0.3) is 0 Å². The molecule has 18 heavy (non-hydrogen) atoms. The fourth-order valence-corrected chi connectivity index (χ4v) is 2.32. The maximum Gasteiger partial charge on any atom is 0.237 e. The molecule has 0 aromatic carbocycles. The Morgan fingerprint density at radius 3 is 2.72 bits per heavy atom. The number of nitrogens with zero attached hydrogens (tertiary/aromatic N) is 2. The number of carbonyl (C=O) groups is 1. The monoisotopic (exact) mass is 243 g/mol. The van der Waals surface area contributed by atoms with E-state index in [9.17, 15) is 4.79 Å². The van der Waals surface area contributed by atoms with Crippen LogP contribution in [0, 0.1) is 17.2 Å². The molecule has 1 aliphatic carbocycles. The molecule has 1 aliphatic rings. The van der Waals surface area contributed by atoms with Crippen molar-refractivity contribution in [2.24, 2.45) is 5.92 Å². The van der Waals surface area contributed by atoms with E-state index in [1.807, 2.05) is 12.1 Å². The van der Waals surface area contributed by atoms with Crippen LogP contribution >= 0.6 is 0 Å². The SMILES string of the molecule is N#CC(Cc1ccncc1)C(=O)NC1CCCC1. The molecule has 1 fully saturated rings. The van der Waals surface area contributed by atoms with Gasteiger partial charge in [-0.15, -0.1) is 0 Å². The first-order valence-electron chi connectivity index (χ1n) is 6.38. The number of rotatable bonds is 4. The van der Waals surface area contributed by atoms with E-state index >= 15 is 0 Å². The van der Waals surface area contributed by atoms with Crippen LogP contribution in [0.15, 0.2) is 24.5 Å². The van der Waals surface area contributed by atoms with Gasteiger partial charge in [0.2, 0.25) is 5.91 Å². The molecule has 0 radical (unpaired) electrons. The summed E-state index contributed by atoms with van der Waals surface area (Å²) < 4.78 is 0. The standard InChI is InChI=1S/C14H17N3O/c15-10-12(9-11-5-7-16-8-6-11)14(18)17-13-3-1-2-4-13/h5-8,12-13H,1-4,9H2,(H,17,18). The maximum absolute atomic E-state index is 12.0. The molecule has 1 aromatic rings. The first-order valence-corrected chi connectivity index (χ1v) is 6.38. The highest BCUT2D eigenvalue weighted by molar-refractivity contribution is 5.81. The fraction of sp³-hybridized carbons (Fsp3) is 0.500. The Kier molecular flexibility index (Phi) is 4.30. The highest BCUT2D eigenvalue weighted by Crippen LogP contribution is 2.18. The first kappa shape index (κ1) is 12.6. The van der Waals surface area contributed by atoms with Crippen molar-refractivity contribution in [1.29, 1.82) is 5.26 Å². The van der Waals surface area contributed by atoms with Crippen molar-refractivity contribution < 1.29 is 4.79 Å². The third-order valence-electron chi connectivity index (χ3n) is 3.36. The van der Waals surface area contributed by atoms with Crippen molar-refractivity contribution in [3.8, 4) is 6.07 Å². The van der Waals surface area contributed by atoms with E-state index < -0.39 is 5.92 Å². The summed E-state index contributed by atoms with van der Waals surface area (Å²) in [5.41, 5.74) is 0.970. The van der Waals surface area contributed by atoms with Gasteiger partial charge in [-0.05, 0) is 37.0 Å². The number of nitrogens with one attached hydrogen (secondary N) is 1. The van der Waals surface area contributed by atoms with Gasteiger partial charge in [0.1, 0.15) is 5.92 Å². The Bertz CT molecular complexity index is 432. The molecule has 0 spiro atoms. The van der Waals surface area contributed by atoms with Crippen LogP contribution in [0.4, 0.5) is 0 Å². The number of aromatic nitrogens is 1. The zero-order valence-corrected chi connectivity index (χ0v) is 10.3. The third-order valence-corrected chi connectivity index (χ3v) is 3.36. The van der Waals surface area contributed by atoms with Crippen molar-refractivity contribution >= 4 is 5.91 Å². The van der Waals surface area contributed by atoms with Gasteiger partial charge in [0.25, 0.3) is 0 Å². The lowest BCUT2D eigenvalue weighted by atomic mass is 10.0. The molecule has 4 nitrogen and oxygen atoms in total. The smallest absolute Gasteiger partial charge is 0.237 e. The van der Waals surface area contributed by atoms with Gasteiger partial charge in [0, 0.05) is 18.4 Å². The third kappa shape index (κ3) is 3.30. The lowest BCUT2D eigenvalue weighted by Gasteiger charge is -2.15. The molecule has 1 N–H and O–H groups in total. The topological polar surface area (TPSA) is 65.8 Å². The molecule has 2 rings (SSSR count). The number of pyridine rings is 1. The fourth-order valence-electron chi connectivity index (χ4n) is 2.32. The molecule has 1 unspecified atom stereocenters. The van der Waals surface area contributed by atoms with Crippen LogP contribution in [-0.2, 0) is 11.2 Å². The van der Waals surface area contributed by atoms with Crippen LogP contribution < -0.4 is 5.32 Å². The molecular formula is C14H17N3O. The maximum atomic E-state index is 12.0. The highest BCUT2D eigenvalue weighted by atomic mass is 16.1. The number of hydrogen-bond donors (Lipinski definition) is 1.